The van der Waals surface area contributed by atoms with Gasteiger partial charge in [0.25, 0.3) is 10.1 Å². The van der Waals surface area contributed by atoms with E-state index in [9.17, 15) is 8.42 Å². The van der Waals surface area contributed by atoms with Crippen LogP contribution in [0.2, 0.25) is 0 Å². The Labute approximate surface area is 147 Å². The van der Waals surface area contributed by atoms with Crippen molar-refractivity contribution in [3.63, 3.8) is 0 Å². The molecule has 24 heavy (non-hydrogen) atoms. The number of hydrogen-bond acceptors (Lipinski definition) is 4. The SMILES string of the molecule is COC(C)(C)CCCC(C)CC(C)OS(=O)(=O)c1ccc(C)cc1. The largest absolute Gasteiger partial charge is 0.379 e. The zero-order chi connectivity index (χ0) is 18.4. The van der Waals surface area contributed by atoms with Crippen LogP contribution in [-0.2, 0) is 19.0 Å². The number of benzene rings is 1. The zero-order valence-corrected chi connectivity index (χ0v) is 16.7. The molecular formula is C19H32O4S. The molecule has 2 unspecified atom stereocenters. The second-order valence-corrected chi connectivity index (χ2v) is 8.94. The first-order valence-electron chi connectivity index (χ1n) is 8.61. The Bertz CT molecular complexity index is 590. The summed E-state index contributed by atoms with van der Waals surface area (Å²) in [5, 5.41) is 0. The third kappa shape index (κ3) is 7.32. The molecule has 4 nitrogen and oxygen atoms in total. The summed E-state index contributed by atoms with van der Waals surface area (Å²) < 4.78 is 35.3. The summed E-state index contributed by atoms with van der Waals surface area (Å²) >= 11 is 0. The first kappa shape index (κ1) is 21.1. The molecule has 0 aliphatic carbocycles. The van der Waals surface area contributed by atoms with E-state index in [-0.39, 0.29) is 16.6 Å². The van der Waals surface area contributed by atoms with Crippen molar-refractivity contribution in [3.05, 3.63) is 29.8 Å². The van der Waals surface area contributed by atoms with Crippen LogP contribution in [0.1, 0.15) is 58.9 Å². The molecule has 0 aromatic heterocycles. The van der Waals surface area contributed by atoms with E-state index in [0.717, 1.165) is 31.2 Å². The molecule has 0 N–H and O–H groups in total. The summed E-state index contributed by atoms with van der Waals surface area (Å²) in [6, 6.07) is 6.74. The van der Waals surface area contributed by atoms with E-state index in [4.69, 9.17) is 8.92 Å². The molecular weight excluding hydrogens is 324 g/mol. The summed E-state index contributed by atoms with van der Waals surface area (Å²) in [6.45, 7) is 10.0. The molecule has 0 aliphatic rings. The van der Waals surface area contributed by atoms with Crippen LogP contribution in [0, 0.1) is 12.8 Å². The molecule has 0 radical (unpaired) electrons. The average molecular weight is 357 g/mol. The van der Waals surface area contributed by atoms with Crippen LogP contribution in [0.4, 0.5) is 0 Å². The standard InChI is InChI=1S/C19H32O4S/c1-15-9-11-18(12-10-15)24(20,21)23-17(3)14-16(2)8-7-13-19(4,5)22-6/h9-12,16-17H,7-8,13-14H2,1-6H3. The van der Waals surface area contributed by atoms with Gasteiger partial charge in [0, 0.05) is 7.11 Å². The molecule has 0 spiro atoms. The maximum absolute atomic E-state index is 12.3. The summed E-state index contributed by atoms with van der Waals surface area (Å²) in [7, 11) is -1.96. The van der Waals surface area contributed by atoms with Gasteiger partial charge in [-0.3, -0.25) is 4.18 Å². The van der Waals surface area contributed by atoms with Crippen molar-refractivity contribution in [2.24, 2.45) is 5.92 Å². The normalized spacial score (nSPS) is 15.2. The summed E-state index contributed by atoms with van der Waals surface area (Å²) in [5.41, 5.74) is 0.922. The first-order valence-corrected chi connectivity index (χ1v) is 10.0. The lowest BCUT2D eigenvalue weighted by molar-refractivity contribution is 0.0125. The maximum Gasteiger partial charge on any atom is 0.297 e. The van der Waals surface area contributed by atoms with E-state index in [1.165, 1.54) is 0 Å². The fourth-order valence-corrected chi connectivity index (χ4v) is 3.77. The number of aryl methyl sites for hydroxylation is 1. The Balaban J connectivity index is 2.47. The zero-order valence-electron chi connectivity index (χ0n) is 15.8. The number of hydrogen-bond donors (Lipinski definition) is 0. The van der Waals surface area contributed by atoms with Gasteiger partial charge in [-0.15, -0.1) is 0 Å². The smallest absolute Gasteiger partial charge is 0.297 e. The fourth-order valence-electron chi connectivity index (χ4n) is 2.68. The van der Waals surface area contributed by atoms with Gasteiger partial charge in [-0.25, -0.2) is 0 Å². The van der Waals surface area contributed by atoms with Crippen molar-refractivity contribution in [1.82, 2.24) is 0 Å². The van der Waals surface area contributed by atoms with E-state index >= 15 is 0 Å². The van der Waals surface area contributed by atoms with Crippen LogP contribution in [0.3, 0.4) is 0 Å². The number of ether oxygens (including phenoxy) is 1. The minimum Gasteiger partial charge on any atom is -0.379 e. The summed E-state index contributed by atoms with van der Waals surface area (Å²) in [5.74, 6) is 0.404. The third-order valence-electron chi connectivity index (χ3n) is 4.36. The second-order valence-electron chi connectivity index (χ2n) is 7.37. The fraction of sp³-hybridized carbons (Fsp3) is 0.684. The Morgan fingerprint density at radius 3 is 2.25 bits per heavy atom. The Kier molecular flexibility index (Phi) is 7.90. The lowest BCUT2D eigenvalue weighted by Gasteiger charge is -2.24. The highest BCUT2D eigenvalue weighted by atomic mass is 32.2. The topological polar surface area (TPSA) is 52.6 Å². The molecule has 138 valence electrons. The van der Waals surface area contributed by atoms with Gasteiger partial charge in [-0.1, -0.05) is 37.5 Å². The monoisotopic (exact) mass is 356 g/mol. The van der Waals surface area contributed by atoms with E-state index in [1.54, 1.807) is 31.4 Å². The quantitative estimate of drug-likeness (QED) is 0.570. The van der Waals surface area contributed by atoms with Crippen molar-refractivity contribution in [3.8, 4) is 0 Å². The van der Waals surface area contributed by atoms with Gasteiger partial charge in [-0.05, 0) is 58.6 Å². The highest BCUT2D eigenvalue weighted by Crippen LogP contribution is 2.23. The van der Waals surface area contributed by atoms with Crippen molar-refractivity contribution in [1.29, 1.82) is 0 Å². The van der Waals surface area contributed by atoms with Crippen molar-refractivity contribution >= 4 is 10.1 Å². The predicted octanol–water partition coefficient (Wildman–Crippen LogP) is 4.71. The molecule has 1 rings (SSSR count). The molecule has 0 fully saturated rings. The Morgan fingerprint density at radius 2 is 1.71 bits per heavy atom. The molecule has 0 bridgehead atoms. The van der Waals surface area contributed by atoms with Crippen LogP contribution in [-0.4, -0.2) is 27.2 Å². The van der Waals surface area contributed by atoms with E-state index in [0.29, 0.717) is 5.92 Å². The van der Waals surface area contributed by atoms with Gasteiger partial charge in [0.1, 0.15) is 0 Å². The Morgan fingerprint density at radius 1 is 1.12 bits per heavy atom. The van der Waals surface area contributed by atoms with Gasteiger partial charge < -0.3 is 4.74 Å². The van der Waals surface area contributed by atoms with Gasteiger partial charge in [0.2, 0.25) is 0 Å². The molecule has 1 aromatic carbocycles. The van der Waals surface area contributed by atoms with Gasteiger partial charge in [-0.2, -0.15) is 8.42 Å². The third-order valence-corrected chi connectivity index (χ3v) is 5.79. The van der Waals surface area contributed by atoms with Crippen LogP contribution in [0.15, 0.2) is 29.2 Å². The molecule has 0 saturated heterocycles. The molecule has 2 atom stereocenters. The first-order chi connectivity index (χ1) is 11.1. The lowest BCUT2D eigenvalue weighted by atomic mass is 9.94. The highest BCUT2D eigenvalue weighted by molar-refractivity contribution is 7.86. The summed E-state index contributed by atoms with van der Waals surface area (Å²) in [4.78, 5) is 0.217. The van der Waals surface area contributed by atoms with Crippen molar-refractivity contribution in [2.45, 2.75) is 76.9 Å². The summed E-state index contributed by atoms with van der Waals surface area (Å²) in [6.07, 6.45) is 3.47. The average Bonchev–Trinajstić information content (AvgIpc) is 2.46. The van der Waals surface area contributed by atoms with E-state index in [1.807, 2.05) is 13.8 Å². The van der Waals surface area contributed by atoms with Gasteiger partial charge in [0.15, 0.2) is 0 Å². The minimum absolute atomic E-state index is 0.101. The molecule has 5 heteroatoms. The Hall–Kier alpha value is -0.910. The molecule has 0 amide bonds. The van der Waals surface area contributed by atoms with Crippen LogP contribution in [0.5, 0.6) is 0 Å². The van der Waals surface area contributed by atoms with Crippen LogP contribution in [0.25, 0.3) is 0 Å². The van der Waals surface area contributed by atoms with E-state index < -0.39 is 10.1 Å². The van der Waals surface area contributed by atoms with Crippen molar-refractivity contribution < 1.29 is 17.3 Å². The maximum atomic E-state index is 12.3. The lowest BCUT2D eigenvalue weighted by Crippen LogP contribution is -2.22. The molecule has 1 aromatic rings. The molecule has 0 aliphatic heterocycles. The number of rotatable bonds is 10. The van der Waals surface area contributed by atoms with Gasteiger partial charge in [0.05, 0.1) is 16.6 Å². The van der Waals surface area contributed by atoms with Crippen molar-refractivity contribution in [2.75, 3.05) is 7.11 Å². The van der Waals surface area contributed by atoms with Crippen LogP contribution >= 0.6 is 0 Å². The minimum atomic E-state index is -3.69. The van der Waals surface area contributed by atoms with Gasteiger partial charge >= 0.3 is 0 Å². The number of methoxy groups -OCH3 is 1. The molecule has 0 heterocycles. The van der Waals surface area contributed by atoms with E-state index in [2.05, 4.69) is 20.8 Å². The molecule has 0 saturated carbocycles. The second kappa shape index (κ2) is 8.97. The van der Waals surface area contributed by atoms with Crippen LogP contribution < -0.4 is 0 Å². The highest BCUT2D eigenvalue weighted by Gasteiger charge is 2.21. The predicted molar refractivity (Wildman–Crippen MR) is 97.6 cm³/mol.